The first kappa shape index (κ1) is 15.5. The van der Waals surface area contributed by atoms with Crippen molar-refractivity contribution in [3.63, 3.8) is 0 Å². The Labute approximate surface area is 98.6 Å². The summed E-state index contributed by atoms with van der Waals surface area (Å²) in [5.41, 5.74) is 0. The van der Waals surface area contributed by atoms with Gasteiger partial charge in [0.1, 0.15) is 6.54 Å². The Bertz CT molecular complexity index is 235. The second-order valence-corrected chi connectivity index (χ2v) is 3.70. The van der Waals surface area contributed by atoms with Gasteiger partial charge in [0.2, 0.25) is 5.91 Å². The van der Waals surface area contributed by atoms with E-state index < -0.39 is 18.6 Å². The smallest absolute Gasteiger partial charge is 0.347 e. The van der Waals surface area contributed by atoms with E-state index in [0.717, 1.165) is 6.42 Å². The van der Waals surface area contributed by atoms with Gasteiger partial charge in [-0.3, -0.25) is 4.79 Å². The number of amides is 1. The highest BCUT2D eigenvalue weighted by atomic mass is 35.5. The maximum atomic E-state index is 11.9. The van der Waals surface area contributed by atoms with E-state index in [1.165, 1.54) is 0 Å². The van der Waals surface area contributed by atoms with Gasteiger partial charge in [-0.15, -0.1) is 12.4 Å². The van der Waals surface area contributed by atoms with Crippen LogP contribution in [0.3, 0.4) is 0 Å². The van der Waals surface area contributed by atoms with E-state index in [9.17, 15) is 18.0 Å². The monoisotopic (exact) mass is 260 g/mol. The Morgan fingerprint density at radius 3 is 2.62 bits per heavy atom. The van der Waals surface area contributed by atoms with Crippen LogP contribution in [0, 0.1) is 5.92 Å². The third-order valence-corrected chi connectivity index (χ3v) is 2.59. The number of rotatable bonds is 3. The molecule has 0 aromatic carbocycles. The molecule has 2 N–H and O–H groups in total. The van der Waals surface area contributed by atoms with E-state index in [2.05, 4.69) is 5.32 Å². The Kier molecular flexibility index (Phi) is 6.10. The molecule has 0 saturated carbocycles. The van der Waals surface area contributed by atoms with E-state index in [1.54, 1.807) is 0 Å². The van der Waals surface area contributed by atoms with Crippen LogP contribution in [0.4, 0.5) is 13.2 Å². The van der Waals surface area contributed by atoms with Crippen LogP contribution in [0.15, 0.2) is 0 Å². The summed E-state index contributed by atoms with van der Waals surface area (Å²) in [6.07, 6.45) is -2.96. The second-order valence-electron chi connectivity index (χ2n) is 3.70. The molecule has 2 unspecified atom stereocenters. The maximum Gasteiger partial charge on any atom is 0.405 e. The van der Waals surface area contributed by atoms with E-state index in [0.29, 0.717) is 13.0 Å². The lowest BCUT2D eigenvalue weighted by Crippen LogP contribution is -2.41. The zero-order valence-corrected chi connectivity index (χ0v) is 9.75. The standard InChI is InChI=1S/C9H15F3N2O.ClH/c1-2-7-6(3-4-13-7)8(15)14-5-9(10,11)12;/h6-7,13H,2-5H2,1H3,(H,14,15);1H. The summed E-state index contributed by atoms with van der Waals surface area (Å²) >= 11 is 0. The normalized spacial score (nSPS) is 25.0. The van der Waals surface area contributed by atoms with Gasteiger partial charge in [0, 0.05) is 6.04 Å². The fraction of sp³-hybridized carbons (Fsp3) is 0.889. The van der Waals surface area contributed by atoms with Gasteiger partial charge < -0.3 is 10.6 Å². The first-order valence-electron chi connectivity index (χ1n) is 5.02. The molecule has 7 heteroatoms. The lowest BCUT2D eigenvalue weighted by molar-refractivity contribution is -0.141. The predicted molar refractivity (Wildman–Crippen MR) is 56.5 cm³/mol. The van der Waals surface area contributed by atoms with Gasteiger partial charge in [0.15, 0.2) is 0 Å². The summed E-state index contributed by atoms with van der Waals surface area (Å²) < 4.78 is 35.6. The molecule has 1 heterocycles. The summed E-state index contributed by atoms with van der Waals surface area (Å²) in [5, 5.41) is 5.02. The molecule has 96 valence electrons. The molecule has 3 nitrogen and oxygen atoms in total. The fourth-order valence-corrected chi connectivity index (χ4v) is 1.83. The molecule has 1 amide bonds. The van der Waals surface area contributed by atoms with Crippen molar-refractivity contribution in [2.24, 2.45) is 5.92 Å². The zero-order valence-electron chi connectivity index (χ0n) is 8.93. The summed E-state index contributed by atoms with van der Waals surface area (Å²) in [6.45, 7) is 1.37. The molecule has 1 saturated heterocycles. The third-order valence-electron chi connectivity index (χ3n) is 2.59. The lowest BCUT2D eigenvalue weighted by atomic mass is 9.98. The highest BCUT2D eigenvalue weighted by Crippen LogP contribution is 2.19. The average molecular weight is 261 g/mol. The van der Waals surface area contributed by atoms with Gasteiger partial charge in [-0.1, -0.05) is 6.92 Å². The van der Waals surface area contributed by atoms with Gasteiger partial charge in [-0.05, 0) is 19.4 Å². The van der Waals surface area contributed by atoms with E-state index >= 15 is 0 Å². The minimum absolute atomic E-state index is 0. The molecule has 0 aromatic rings. The SMILES string of the molecule is CCC1NCCC1C(=O)NCC(F)(F)F.Cl. The quantitative estimate of drug-likeness (QED) is 0.807. The van der Waals surface area contributed by atoms with Gasteiger partial charge in [0.05, 0.1) is 5.92 Å². The number of halogens is 4. The van der Waals surface area contributed by atoms with Crippen molar-refractivity contribution >= 4 is 18.3 Å². The largest absolute Gasteiger partial charge is 0.405 e. The highest BCUT2D eigenvalue weighted by Gasteiger charge is 2.34. The Balaban J connectivity index is 0.00000225. The van der Waals surface area contributed by atoms with Crippen LogP contribution in [-0.2, 0) is 4.79 Å². The first-order valence-corrected chi connectivity index (χ1v) is 5.02. The lowest BCUT2D eigenvalue weighted by Gasteiger charge is -2.17. The number of alkyl halides is 3. The van der Waals surface area contributed by atoms with Crippen LogP contribution in [0.2, 0.25) is 0 Å². The Hall–Kier alpha value is -0.490. The van der Waals surface area contributed by atoms with Crippen LogP contribution in [0.5, 0.6) is 0 Å². The summed E-state index contributed by atoms with van der Waals surface area (Å²) in [6, 6.07) is 0.0123. The number of nitrogens with one attached hydrogen (secondary N) is 2. The van der Waals surface area contributed by atoms with Crippen molar-refractivity contribution in [2.75, 3.05) is 13.1 Å². The van der Waals surface area contributed by atoms with Crippen LogP contribution in [0.1, 0.15) is 19.8 Å². The number of carbonyl (C=O) groups excluding carboxylic acids is 1. The van der Waals surface area contributed by atoms with Crippen molar-refractivity contribution in [3.05, 3.63) is 0 Å². The molecule has 1 aliphatic rings. The molecular formula is C9H16ClF3N2O. The van der Waals surface area contributed by atoms with Crippen molar-refractivity contribution in [3.8, 4) is 0 Å². The molecule has 0 radical (unpaired) electrons. The topological polar surface area (TPSA) is 41.1 Å². The number of hydrogen-bond acceptors (Lipinski definition) is 2. The van der Waals surface area contributed by atoms with Gasteiger partial charge in [-0.25, -0.2) is 0 Å². The highest BCUT2D eigenvalue weighted by molar-refractivity contribution is 5.85. The molecule has 0 bridgehead atoms. The Morgan fingerprint density at radius 2 is 2.12 bits per heavy atom. The Morgan fingerprint density at radius 1 is 1.50 bits per heavy atom. The van der Waals surface area contributed by atoms with Crippen molar-refractivity contribution < 1.29 is 18.0 Å². The van der Waals surface area contributed by atoms with Crippen LogP contribution < -0.4 is 10.6 Å². The van der Waals surface area contributed by atoms with Crippen molar-refractivity contribution in [2.45, 2.75) is 32.0 Å². The molecule has 2 atom stereocenters. The van der Waals surface area contributed by atoms with Gasteiger partial charge in [0.25, 0.3) is 0 Å². The van der Waals surface area contributed by atoms with Gasteiger partial charge in [-0.2, -0.15) is 13.2 Å². The summed E-state index contributed by atoms with van der Waals surface area (Å²) in [7, 11) is 0. The van der Waals surface area contributed by atoms with E-state index in [4.69, 9.17) is 0 Å². The molecular weight excluding hydrogens is 245 g/mol. The zero-order chi connectivity index (χ0) is 11.5. The summed E-state index contributed by atoms with van der Waals surface area (Å²) in [5.74, 6) is -0.818. The number of hydrogen-bond donors (Lipinski definition) is 2. The summed E-state index contributed by atoms with van der Waals surface area (Å²) in [4.78, 5) is 11.4. The van der Waals surface area contributed by atoms with Crippen molar-refractivity contribution in [1.29, 1.82) is 0 Å². The fourth-order valence-electron chi connectivity index (χ4n) is 1.83. The molecule has 0 spiro atoms. The van der Waals surface area contributed by atoms with Crippen LogP contribution >= 0.6 is 12.4 Å². The minimum Gasteiger partial charge on any atom is -0.347 e. The third kappa shape index (κ3) is 4.57. The van der Waals surface area contributed by atoms with Crippen LogP contribution in [0.25, 0.3) is 0 Å². The first-order chi connectivity index (χ1) is 6.94. The molecule has 16 heavy (non-hydrogen) atoms. The maximum absolute atomic E-state index is 11.9. The molecule has 0 aliphatic carbocycles. The van der Waals surface area contributed by atoms with E-state index in [-0.39, 0.29) is 24.4 Å². The van der Waals surface area contributed by atoms with Gasteiger partial charge >= 0.3 is 6.18 Å². The number of carbonyl (C=O) groups is 1. The van der Waals surface area contributed by atoms with E-state index in [1.807, 2.05) is 12.2 Å². The van der Waals surface area contributed by atoms with Crippen molar-refractivity contribution in [1.82, 2.24) is 10.6 Å². The average Bonchev–Trinajstić information content (AvgIpc) is 2.60. The molecule has 1 fully saturated rings. The minimum atomic E-state index is -4.33. The predicted octanol–water partition coefficient (Wildman–Crippen LogP) is 1.47. The molecule has 1 rings (SSSR count). The van der Waals surface area contributed by atoms with Crippen LogP contribution in [-0.4, -0.2) is 31.2 Å². The molecule has 1 aliphatic heterocycles. The molecule has 0 aromatic heterocycles. The second kappa shape index (κ2) is 6.30.